The van der Waals surface area contributed by atoms with Gasteiger partial charge in [-0.2, -0.15) is 0 Å². The van der Waals surface area contributed by atoms with Crippen LogP contribution in [-0.2, 0) is 9.53 Å². The molecule has 2 atom stereocenters. The van der Waals surface area contributed by atoms with E-state index in [1.807, 2.05) is 30.3 Å². The highest BCUT2D eigenvalue weighted by molar-refractivity contribution is 7.19. The normalized spacial score (nSPS) is 18.9. The summed E-state index contributed by atoms with van der Waals surface area (Å²) in [7, 11) is 0. The molecule has 1 fully saturated rings. The summed E-state index contributed by atoms with van der Waals surface area (Å²) in [5, 5.41) is 3.70. The van der Waals surface area contributed by atoms with Gasteiger partial charge in [0.25, 0.3) is 5.91 Å². The first-order chi connectivity index (χ1) is 14.5. The molecule has 0 spiro atoms. The number of carbonyl (C=O) groups excluding carboxylic acids is 2. The Kier molecular flexibility index (Phi) is 6.35. The minimum Gasteiger partial charge on any atom is -0.452 e. The molecule has 30 heavy (non-hydrogen) atoms. The van der Waals surface area contributed by atoms with E-state index in [9.17, 15) is 9.59 Å². The number of nitrogens with zero attached hydrogens (tertiary/aromatic N) is 1. The second-order valence-corrected chi connectivity index (χ2v) is 9.40. The van der Waals surface area contributed by atoms with Crippen LogP contribution in [0.15, 0.2) is 42.5 Å². The van der Waals surface area contributed by atoms with Crippen molar-refractivity contribution in [2.75, 3.05) is 6.61 Å². The van der Waals surface area contributed by atoms with Gasteiger partial charge >= 0.3 is 5.97 Å². The number of carbonyl (C=O) groups is 2. The topological polar surface area (TPSA) is 68.3 Å². The number of aromatic nitrogens is 1. The highest BCUT2D eigenvalue weighted by Gasteiger charge is 2.23. The van der Waals surface area contributed by atoms with Crippen molar-refractivity contribution >= 4 is 45.7 Å². The Labute approximate surface area is 184 Å². The first-order valence-corrected chi connectivity index (χ1v) is 11.3. The van der Waals surface area contributed by atoms with E-state index in [-0.39, 0.29) is 18.6 Å². The third-order valence-electron chi connectivity index (χ3n) is 5.55. The van der Waals surface area contributed by atoms with Crippen LogP contribution in [0.5, 0.6) is 0 Å². The molecule has 1 aliphatic rings. The summed E-state index contributed by atoms with van der Waals surface area (Å²) in [5.41, 5.74) is 1.73. The smallest absolute Gasteiger partial charge is 0.339 e. The molecule has 1 aliphatic carbocycles. The molecule has 5 nitrogen and oxygen atoms in total. The number of rotatable bonds is 5. The van der Waals surface area contributed by atoms with Crippen LogP contribution >= 0.6 is 22.9 Å². The average molecular weight is 443 g/mol. The fraction of sp³-hybridized carbons (Fsp3) is 0.348. The molecular weight excluding hydrogens is 420 g/mol. The number of esters is 1. The van der Waals surface area contributed by atoms with Gasteiger partial charge in [-0.3, -0.25) is 4.79 Å². The number of ether oxygens (including phenoxy) is 1. The molecule has 1 saturated carbocycles. The van der Waals surface area contributed by atoms with Gasteiger partial charge in [0.1, 0.15) is 0 Å². The van der Waals surface area contributed by atoms with E-state index < -0.39 is 5.97 Å². The van der Waals surface area contributed by atoms with Crippen LogP contribution in [0.3, 0.4) is 0 Å². The monoisotopic (exact) mass is 442 g/mol. The minimum absolute atomic E-state index is 0.155. The van der Waals surface area contributed by atoms with E-state index in [2.05, 4.69) is 17.2 Å². The van der Waals surface area contributed by atoms with E-state index in [0.29, 0.717) is 32.4 Å². The lowest BCUT2D eigenvalue weighted by molar-refractivity contribution is -0.125. The third-order valence-corrected chi connectivity index (χ3v) is 6.81. The Morgan fingerprint density at radius 2 is 2.00 bits per heavy atom. The van der Waals surface area contributed by atoms with Gasteiger partial charge in [0, 0.05) is 11.4 Å². The predicted octanol–water partition coefficient (Wildman–Crippen LogP) is 5.47. The van der Waals surface area contributed by atoms with Gasteiger partial charge in [-0.25, -0.2) is 9.78 Å². The minimum atomic E-state index is -0.538. The van der Waals surface area contributed by atoms with Crippen molar-refractivity contribution in [3.8, 4) is 10.6 Å². The second kappa shape index (κ2) is 9.14. The van der Waals surface area contributed by atoms with Crippen molar-refractivity contribution in [2.45, 2.75) is 38.6 Å². The molecule has 1 N–H and O–H groups in total. The van der Waals surface area contributed by atoms with E-state index >= 15 is 0 Å². The average Bonchev–Trinajstić information content (AvgIpc) is 3.19. The molecule has 0 aliphatic heterocycles. The first kappa shape index (κ1) is 20.8. The Balaban J connectivity index is 1.51. The largest absolute Gasteiger partial charge is 0.452 e. The predicted molar refractivity (Wildman–Crippen MR) is 120 cm³/mol. The van der Waals surface area contributed by atoms with Gasteiger partial charge in [-0.05, 0) is 43.0 Å². The molecule has 1 aromatic carbocycles. The summed E-state index contributed by atoms with van der Waals surface area (Å²) in [5.74, 6) is -0.349. The molecular formula is C23H23ClN2O3S. The Morgan fingerprint density at radius 1 is 1.20 bits per heavy atom. The summed E-state index contributed by atoms with van der Waals surface area (Å²) in [6.07, 6.45) is 4.41. The van der Waals surface area contributed by atoms with Crippen molar-refractivity contribution in [3.63, 3.8) is 0 Å². The van der Waals surface area contributed by atoms with Crippen LogP contribution in [0.4, 0.5) is 0 Å². The number of pyridine rings is 1. The van der Waals surface area contributed by atoms with Crippen LogP contribution in [0.1, 0.15) is 43.0 Å². The zero-order chi connectivity index (χ0) is 21.1. The van der Waals surface area contributed by atoms with Gasteiger partial charge in [-0.1, -0.05) is 49.6 Å². The number of amides is 1. The Bertz CT molecular complexity index is 1080. The zero-order valence-corrected chi connectivity index (χ0v) is 18.3. The first-order valence-electron chi connectivity index (χ1n) is 10.1. The third kappa shape index (κ3) is 4.65. The fourth-order valence-corrected chi connectivity index (χ4v) is 4.91. The van der Waals surface area contributed by atoms with Gasteiger partial charge in [0.15, 0.2) is 6.61 Å². The van der Waals surface area contributed by atoms with E-state index in [4.69, 9.17) is 16.3 Å². The highest BCUT2D eigenvalue weighted by Crippen LogP contribution is 2.32. The Morgan fingerprint density at radius 3 is 2.77 bits per heavy atom. The summed E-state index contributed by atoms with van der Waals surface area (Å²) < 4.78 is 6.02. The number of benzene rings is 1. The van der Waals surface area contributed by atoms with Gasteiger partial charge in [0.2, 0.25) is 0 Å². The molecule has 1 amide bonds. The number of halogens is 1. The summed E-state index contributed by atoms with van der Waals surface area (Å²) in [4.78, 5) is 30.7. The van der Waals surface area contributed by atoms with Crippen LogP contribution in [-0.4, -0.2) is 29.5 Å². The molecule has 3 aromatic rings. The highest BCUT2D eigenvalue weighted by atomic mass is 35.5. The molecule has 7 heteroatoms. The van der Waals surface area contributed by atoms with Gasteiger partial charge < -0.3 is 10.1 Å². The maximum Gasteiger partial charge on any atom is 0.339 e. The number of hydrogen-bond acceptors (Lipinski definition) is 5. The molecule has 2 unspecified atom stereocenters. The molecule has 0 saturated heterocycles. The molecule has 2 aromatic heterocycles. The number of thiophene rings is 1. The molecule has 2 heterocycles. The maximum absolute atomic E-state index is 12.9. The molecule has 0 bridgehead atoms. The number of fused-ring (bicyclic) bond motifs is 1. The Hall–Kier alpha value is -2.44. The zero-order valence-electron chi connectivity index (χ0n) is 16.7. The summed E-state index contributed by atoms with van der Waals surface area (Å²) in [6, 6.07) is 12.9. The quantitative estimate of drug-likeness (QED) is 0.532. The summed E-state index contributed by atoms with van der Waals surface area (Å²) >= 11 is 7.45. The van der Waals surface area contributed by atoms with Crippen molar-refractivity contribution in [1.82, 2.24) is 10.3 Å². The van der Waals surface area contributed by atoms with Crippen molar-refractivity contribution in [1.29, 1.82) is 0 Å². The lowest BCUT2D eigenvalue weighted by Crippen LogP contribution is -2.42. The van der Waals surface area contributed by atoms with E-state index in [0.717, 1.165) is 24.1 Å². The SMILES string of the molecule is CC1CCCCC1NC(=O)COC(=O)c1cc(-c2ccc(Cl)s2)nc2ccccc12. The number of para-hydroxylation sites is 1. The molecule has 156 valence electrons. The molecule has 0 radical (unpaired) electrons. The van der Waals surface area contributed by atoms with Crippen LogP contribution in [0, 0.1) is 5.92 Å². The lowest BCUT2D eigenvalue weighted by atomic mass is 9.86. The standard InChI is InChI=1S/C23H23ClN2O3S/c1-14-6-2-4-8-17(14)26-22(27)13-29-23(28)16-12-19(20-10-11-21(24)30-20)25-18-9-5-3-7-15(16)18/h3,5,7,9-12,14,17H,2,4,6,8,13H2,1H3,(H,26,27). The lowest BCUT2D eigenvalue weighted by Gasteiger charge is -2.29. The van der Waals surface area contributed by atoms with Crippen molar-refractivity contribution in [3.05, 3.63) is 52.4 Å². The van der Waals surface area contributed by atoms with Crippen molar-refractivity contribution in [2.24, 2.45) is 5.92 Å². The summed E-state index contributed by atoms with van der Waals surface area (Å²) in [6.45, 7) is 1.86. The van der Waals surface area contributed by atoms with E-state index in [1.165, 1.54) is 17.8 Å². The van der Waals surface area contributed by atoms with Crippen LogP contribution < -0.4 is 5.32 Å². The van der Waals surface area contributed by atoms with Crippen LogP contribution in [0.2, 0.25) is 4.34 Å². The van der Waals surface area contributed by atoms with E-state index in [1.54, 1.807) is 12.1 Å². The molecule has 4 rings (SSSR count). The van der Waals surface area contributed by atoms with Gasteiger partial charge in [-0.15, -0.1) is 11.3 Å². The fourth-order valence-electron chi connectivity index (χ4n) is 3.91. The van der Waals surface area contributed by atoms with Crippen LogP contribution in [0.25, 0.3) is 21.5 Å². The van der Waals surface area contributed by atoms with Crippen molar-refractivity contribution < 1.29 is 14.3 Å². The van der Waals surface area contributed by atoms with Gasteiger partial charge in [0.05, 0.1) is 26.0 Å². The second-order valence-electron chi connectivity index (χ2n) is 7.69. The number of nitrogens with one attached hydrogen (secondary N) is 1. The maximum atomic E-state index is 12.9. The number of hydrogen-bond donors (Lipinski definition) is 1.